The summed E-state index contributed by atoms with van der Waals surface area (Å²) in [6.45, 7) is 3.96. The molecule has 1 rings (SSSR count). The van der Waals surface area contributed by atoms with Gasteiger partial charge in [0.15, 0.2) is 0 Å². The van der Waals surface area contributed by atoms with E-state index in [0.717, 1.165) is 0 Å². The Kier molecular flexibility index (Phi) is 3.92. The number of nitrogens with two attached hydrogens (primary N) is 1. The highest BCUT2D eigenvalue weighted by molar-refractivity contribution is 7.84. The van der Waals surface area contributed by atoms with Crippen molar-refractivity contribution in [2.24, 2.45) is 10.7 Å². The zero-order valence-electron chi connectivity index (χ0n) is 7.24. The van der Waals surface area contributed by atoms with Gasteiger partial charge in [0, 0.05) is 6.20 Å². The summed E-state index contributed by atoms with van der Waals surface area (Å²) in [4.78, 5) is 5.68. The lowest BCUT2D eigenvalue weighted by atomic mass is 10.4. The average molecular weight is 250 g/mol. The quantitative estimate of drug-likeness (QED) is 0.582. The van der Waals surface area contributed by atoms with Crippen molar-refractivity contribution in [3.63, 3.8) is 0 Å². The minimum absolute atomic E-state index is 0.349. The molecule has 1 aliphatic rings. The van der Waals surface area contributed by atoms with Crippen molar-refractivity contribution >= 4 is 41.0 Å². The summed E-state index contributed by atoms with van der Waals surface area (Å²) in [6, 6.07) is 0. The third-order valence-electron chi connectivity index (χ3n) is 1.60. The van der Waals surface area contributed by atoms with Crippen LogP contribution in [0.25, 0.3) is 0 Å². The van der Waals surface area contributed by atoms with Crippen LogP contribution in [0.2, 0.25) is 0 Å². The minimum atomic E-state index is 0.349. The molecule has 0 aromatic carbocycles. The minimum Gasteiger partial charge on any atom is -0.402 e. The molecule has 0 saturated heterocycles. The van der Waals surface area contributed by atoms with Crippen LogP contribution < -0.4 is 5.73 Å². The summed E-state index contributed by atoms with van der Waals surface area (Å²) >= 11 is 15.9. The average Bonchev–Trinajstić information content (AvgIpc) is 2.19. The molecule has 0 bridgehead atoms. The van der Waals surface area contributed by atoms with Crippen molar-refractivity contribution in [2.75, 3.05) is 6.54 Å². The van der Waals surface area contributed by atoms with E-state index in [4.69, 9.17) is 28.9 Å². The van der Waals surface area contributed by atoms with Gasteiger partial charge in [-0.15, -0.1) is 12.6 Å². The van der Waals surface area contributed by atoms with Gasteiger partial charge in [-0.25, -0.2) is 4.99 Å². The van der Waals surface area contributed by atoms with E-state index in [0.29, 0.717) is 27.6 Å². The number of thiol groups is 1. The molecule has 76 valence electrons. The fourth-order valence-corrected chi connectivity index (χ4v) is 1.70. The summed E-state index contributed by atoms with van der Waals surface area (Å²) in [7, 11) is 0. The molecule has 1 aliphatic heterocycles. The van der Waals surface area contributed by atoms with Gasteiger partial charge in [-0.1, -0.05) is 29.8 Å². The molecule has 0 unspecified atom stereocenters. The molecule has 0 fully saturated rings. The van der Waals surface area contributed by atoms with E-state index in [9.17, 15) is 0 Å². The van der Waals surface area contributed by atoms with Crippen LogP contribution in [0.1, 0.15) is 0 Å². The number of allylic oxidation sites excluding steroid dienone is 1. The molecule has 0 aromatic rings. The fraction of sp³-hybridized carbons (Fsp3) is 0.125. The smallest absolute Gasteiger partial charge is 0.126 e. The van der Waals surface area contributed by atoms with Crippen LogP contribution in [0.15, 0.2) is 39.7 Å². The molecule has 0 atom stereocenters. The lowest BCUT2D eigenvalue weighted by Crippen LogP contribution is -2.27. The molecule has 0 saturated carbocycles. The third-order valence-corrected chi connectivity index (χ3v) is 2.61. The van der Waals surface area contributed by atoms with E-state index in [1.165, 1.54) is 6.20 Å². The largest absolute Gasteiger partial charge is 0.402 e. The van der Waals surface area contributed by atoms with Gasteiger partial charge in [0.25, 0.3) is 0 Å². The van der Waals surface area contributed by atoms with Crippen molar-refractivity contribution in [1.82, 2.24) is 4.90 Å². The second-order valence-corrected chi connectivity index (χ2v) is 3.72. The number of halogens is 2. The van der Waals surface area contributed by atoms with Gasteiger partial charge < -0.3 is 10.6 Å². The molecule has 6 heteroatoms. The van der Waals surface area contributed by atoms with Crippen LogP contribution in [-0.2, 0) is 0 Å². The summed E-state index contributed by atoms with van der Waals surface area (Å²) in [5, 5.41) is 1.34. The number of nitrogens with zero attached hydrogens (tertiary/aromatic N) is 2. The first-order valence-electron chi connectivity index (χ1n) is 3.73. The maximum atomic E-state index is 5.86. The van der Waals surface area contributed by atoms with E-state index in [1.54, 1.807) is 11.0 Å². The molecule has 0 aromatic heterocycles. The third kappa shape index (κ3) is 2.26. The Balaban J connectivity index is 3.10. The van der Waals surface area contributed by atoms with Gasteiger partial charge >= 0.3 is 0 Å². The molecular weight excluding hydrogens is 241 g/mol. The van der Waals surface area contributed by atoms with Crippen LogP contribution in [0.4, 0.5) is 0 Å². The predicted molar refractivity (Wildman–Crippen MR) is 64.3 cm³/mol. The van der Waals surface area contributed by atoms with E-state index >= 15 is 0 Å². The van der Waals surface area contributed by atoms with E-state index in [-0.39, 0.29) is 0 Å². The fourth-order valence-electron chi connectivity index (χ4n) is 0.963. The summed E-state index contributed by atoms with van der Waals surface area (Å²) < 4.78 is 0. The molecule has 14 heavy (non-hydrogen) atoms. The molecule has 1 heterocycles. The van der Waals surface area contributed by atoms with Gasteiger partial charge in [-0.05, 0) is 6.08 Å². The topological polar surface area (TPSA) is 41.6 Å². The standard InChI is InChI=1S/C8H9Cl2N3S/c1-2-5-8(14)13(7(10)3-11)4-6(9)12-5/h2-3,14H,1,4,11H2/b7-3-. The van der Waals surface area contributed by atoms with Crippen LogP contribution in [-0.4, -0.2) is 16.6 Å². The molecule has 0 spiro atoms. The first-order chi connectivity index (χ1) is 6.60. The highest BCUT2D eigenvalue weighted by Crippen LogP contribution is 2.27. The highest BCUT2D eigenvalue weighted by Gasteiger charge is 2.19. The Morgan fingerprint density at radius 1 is 1.71 bits per heavy atom. The zero-order valence-corrected chi connectivity index (χ0v) is 9.65. The maximum Gasteiger partial charge on any atom is 0.126 e. The Morgan fingerprint density at radius 3 is 2.86 bits per heavy atom. The van der Waals surface area contributed by atoms with Gasteiger partial charge in [-0.2, -0.15) is 0 Å². The van der Waals surface area contributed by atoms with Crippen LogP contribution >= 0.6 is 35.8 Å². The maximum absolute atomic E-state index is 5.86. The lowest BCUT2D eigenvalue weighted by molar-refractivity contribution is 0.542. The van der Waals surface area contributed by atoms with Gasteiger partial charge in [0.2, 0.25) is 0 Å². The van der Waals surface area contributed by atoms with Gasteiger partial charge in [0.05, 0.1) is 17.3 Å². The first kappa shape index (κ1) is 11.5. The predicted octanol–water partition coefficient (Wildman–Crippen LogP) is 2.22. The second kappa shape index (κ2) is 4.77. The summed E-state index contributed by atoms with van der Waals surface area (Å²) in [5.74, 6) is 0. The van der Waals surface area contributed by atoms with Crippen LogP contribution in [0.3, 0.4) is 0 Å². The first-order valence-corrected chi connectivity index (χ1v) is 4.94. The lowest BCUT2D eigenvalue weighted by Gasteiger charge is -2.26. The molecule has 0 aliphatic carbocycles. The highest BCUT2D eigenvalue weighted by atomic mass is 35.5. The molecular formula is C8H9Cl2N3S. The van der Waals surface area contributed by atoms with Crippen LogP contribution in [0, 0.1) is 0 Å². The van der Waals surface area contributed by atoms with E-state index in [1.807, 2.05) is 0 Å². The summed E-state index contributed by atoms with van der Waals surface area (Å²) in [6.07, 6.45) is 2.82. The number of hydrogen-bond donors (Lipinski definition) is 2. The Bertz CT molecular complexity index is 346. The van der Waals surface area contributed by atoms with Crippen molar-refractivity contribution in [3.8, 4) is 0 Å². The normalized spacial score (nSPS) is 18.4. The zero-order chi connectivity index (χ0) is 10.7. The molecule has 2 N–H and O–H groups in total. The molecule has 0 radical (unpaired) electrons. The van der Waals surface area contributed by atoms with Crippen LogP contribution in [0.5, 0.6) is 0 Å². The van der Waals surface area contributed by atoms with Gasteiger partial charge in [-0.3, -0.25) is 0 Å². The van der Waals surface area contributed by atoms with Crippen molar-refractivity contribution in [1.29, 1.82) is 0 Å². The number of aliphatic imine (C=N–C) groups is 1. The van der Waals surface area contributed by atoms with Gasteiger partial charge in [0.1, 0.15) is 10.3 Å². The monoisotopic (exact) mass is 249 g/mol. The summed E-state index contributed by atoms with van der Waals surface area (Å²) in [5.41, 5.74) is 5.87. The second-order valence-electron chi connectivity index (χ2n) is 2.48. The van der Waals surface area contributed by atoms with Crippen molar-refractivity contribution in [2.45, 2.75) is 0 Å². The number of rotatable bonds is 2. The Hall–Kier alpha value is -0.580. The molecule has 3 nitrogen and oxygen atoms in total. The van der Waals surface area contributed by atoms with Crippen molar-refractivity contribution in [3.05, 3.63) is 34.7 Å². The Labute approximate surface area is 98.0 Å². The molecule has 0 amide bonds. The number of hydrogen-bond acceptors (Lipinski definition) is 4. The van der Waals surface area contributed by atoms with Crippen molar-refractivity contribution < 1.29 is 0 Å². The van der Waals surface area contributed by atoms with E-state index in [2.05, 4.69) is 24.2 Å². The Morgan fingerprint density at radius 2 is 2.36 bits per heavy atom. The SMILES string of the molecule is C=CC1=C(S)N(/C(Cl)=C\N)CC(Cl)=N1. The van der Waals surface area contributed by atoms with E-state index < -0.39 is 0 Å².